The van der Waals surface area contributed by atoms with E-state index in [1.54, 1.807) is 24.3 Å². The quantitative estimate of drug-likeness (QED) is 0.694. The maximum absolute atomic E-state index is 13.0. The molecular weight excluding hydrogens is 326 g/mol. The van der Waals surface area contributed by atoms with Crippen molar-refractivity contribution in [2.75, 3.05) is 0 Å². The van der Waals surface area contributed by atoms with Gasteiger partial charge in [-0.2, -0.15) is 0 Å². The van der Waals surface area contributed by atoms with E-state index in [1.807, 2.05) is 66.7 Å². The van der Waals surface area contributed by atoms with Crippen LogP contribution >= 0.6 is 0 Å². The van der Waals surface area contributed by atoms with Crippen molar-refractivity contribution in [3.8, 4) is 0 Å². The van der Waals surface area contributed by atoms with Crippen LogP contribution in [-0.4, -0.2) is 11.9 Å². The summed E-state index contributed by atoms with van der Waals surface area (Å²) in [6, 6.07) is 27.4. The molecule has 0 aliphatic heterocycles. The highest BCUT2D eigenvalue weighted by atomic mass is 16.5. The summed E-state index contributed by atoms with van der Waals surface area (Å²) in [5.74, 6) is -1.86. The molecule has 0 fully saturated rings. The van der Waals surface area contributed by atoms with E-state index in [0.29, 0.717) is 5.56 Å². The van der Waals surface area contributed by atoms with Crippen LogP contribution in [0.25, 0.3) is 0 Å². The normalized spacial score (nSPS) is 11.7. The van der Waals surface area contributed by atoms with Crippen molar-refractivity contribution >= 4 is 11.9 Å². The maximum Gasteiger partial charge on any atom is 0.319 e. The maximum atomic E-state index is 13.0. The van der Waals surface area contributed by atoms with E-state index in [1.165, 1.54) is 0 Å². The fourth-order valence-electron chi connectivity index (χ4n) is 2.86. The van der Waals surface area contributed by atoms with Crippen molar-refractivity contribution in [3.05, 3.63) is 108 Å². The monoisotopic (exact) mass is 345 g/mol. The van der Waals surface area contributed by atoms with Crippen LogP contribution in [0.15, 0.2) is 91.0 Å². The van der Waals surface area contributed by atoms with Crippen LogP contribution in [0.5, 0.6) is 0 Å². The summed E-state index contributed by atoms with van der Waals surface area (Å²) in [6.45, 7) is 0. The molecule has 3 aromatic carbocycles. The summed E-state index contributed by atoms with van der Waals surface area (Å²) < 4.78 is 5.56. The van der Waals surface area contributed by atoms with Gasteiger partial charge in [-0.05, 0) is 11.1 Å². The number of hydrogen-bond donors (Lipinski definition) is 1. The second kappa shape index (κ2) is 8.12. The highest BCUT2D eigenvalue weighted by molar-refractivity contribution is 5.87. The third-order valence-corrected chi connectivity index (χ3v) is 4.10. The van der Waals surface area contributed by atoms with E-state index < -0.39 is 23.9 Å². The van der Waals surface area contributed by atoms with Gasteiger partial charge in [0.05, 0.1) is 0 Å². The summed E-state index contributed by atoms with van der Waals surface area (Å²) in [7, 11) is 0. The van der Waals surface area contributed by atoms with Gasteiger partial charge in [0.2, 0.25) is 6.10 Å². The topological polar surface area (TPSA) is 69.4 Å². The first-order valence-electron chi connectivity index (χ1n) is 8.31. The Hall–Kier alpha value is -3.40. The number of hydrogen-bond acceptors (Lipinski definition) is 3. The van der Waals surface area contributed by atoms with Crippen LogP contribution in [0, 0.1) is 0 Å². The lowest BCUT2D eigenvalue weighted by Crippen LogP contribution is -2.28. The van der Waals surface area contributed by atoms with Crippen LogP contribution in [0.3, 0.4) is 0 Å². The average molecular weight is 345 g/mol. The van der Waals surface area contributed by atoms with E-state index in [-0.39, 0.29) is 0 Å². The molecule has 1 atom stereocenters. The van der Waals surface area contributed by atoms with E-state index in [4.69, 9.17) is 10.5 Å². The molecule has 0 aliphatic carbocycles. The Morgan fingerprint density at radius 3 is 1.42 bits per heavy atom. The van der Waals surface area contributed by atoms with Crippen LogP contribution < -0.4 is 5.73 Å². The molecule has 0 spiro atoms. The summed E-state index contributed by atoms with van der Waals surface area (Å²) in [6.07, 6.45) is -1.13. The van der Waals surface area contributed by atoms with Crippen molar-refractivity contribution in [2.24, 2.45) is 5.73 Å². The summed E-state index contributed by atoms with van der Waals surface area (Å²) in [5, 5.41) is 0. The number of carbonyl (C=O) groups is 2. The first kappa shape index (κ1) is 17.4. The third kappa shape index (κ3) is 3.98. The van der Waals surface area contributed by atoms with Gasteiger partial charge in [-0.1, -0.05) is 91.0 Å². The minimum atomic E-state index is -1.13. The zero-order valence-electron chi connectivity index (χ0n) is 14.1. The van der Waals surface area contributed by atoms with Gasteiger partial charge in [0.25, 0.3) is 5.91 Å². The number of primary amides is 1. The molecule has 3 rings (SSSR count). The first-order valence-corrected chi connectivity index (χ1v) is 8.31. The number of nitrogens with two attached hydrogens (primary N) is 1. The fourth-order valence-corrected chi connectivity index (χ4v) is 2.86. The van der Waals surface area contributed by atoms with Crippen molar-refractivity contribution in [3.63, 3.8) is 0 Å². The van der Waals surface area contributed by atoms with Gasteiger partial charge in [0, 0.05) is 5.56 Å². The van der Waals surface area contributed by atoms with Gasteiger partial charge >= 0.3 is 5.97 Å². The predicted molar refractivity (Wildman–Crippen MR) is 99.2 cm³/mol. The smallest absolute Gasteiger partial charge is 0.319 e. The summed E-state index contributed by atoms with van der Waals surface area (Å²) in [5.41, 5.74) is 7.61. The Balaban J connectivity index is 1.94. The van der Waals surface area contributed by atoms with E-state index >= 15 is 0 Å². The van der Waals surface area contributed by atoms with Gasteiger partial charge < -0.3 is 10.5 Å². The Kier molecular flexibility index (Phi) is 5.44. The van der Waals surface area contributed by atoms with E-state index in [0.717, 1.165) is 11.1 Å². The first-order chi connectivity index (χ1) is 12.7. The number of benzene rings is 3. The largest absolute Gasteiger partial charge is 0.447 e. The highest BCUT2D eigenvalue weighted by Gasteiger charge is 2.29. The van der Waals surface area contributed by atoms with Gasteiger partial charge in [-0.15, -0.1) is 0 Å². The molecule has 0 saturated carbocycles. The van der Waals surface area contributed by atoms with Gasteiger partial charge in [0.15, 0.2) is 0 Å². The molecule has 0 radical (unpaired) electrons. The molecule has 4 heteroatoms. The molecule has 0 heterocycles. The number of carbonyl (C=O) groups excluding carboxylic acids is 2. The molecule has 0 aromatic heterocycles. The number of amides is 1. The minimum Gasteiger partial charge on any atom is -0.447 e. The van der Waals surface area contributed by atoms with Crippen molar-refractivity contribution in [1.29, 1.82) is 0 Å². The number of ether oxygens (including phenoxy) is 1. The second-order valence-corrected chi connectivity index (χ2v) is 5.88. The third-order valence-electron chi connectivity index (χ3n) is 4.10. The molecule has 130 valence electrons. The lowest BCUT2D eigenvalue weighted by Gasteiger charge is -2.21. The highest BCUT2D eigenvalue weighted by Crippen LogP contribution is 2.28. The molecular formula is C22H19NO3. The number of esters is 1. The van der Waals surface area contributed by atoms with Crippen molar-refractivity contribution in [2.45, 2.75) is 12.0 Å². The molecule has 0 aliphatic rings. The zero-order valence-corrected chi connectivity index (χ0v) is 14.1. The van der Waals surface area contributed by atoms with Crippen LogP contribution in [0.2, 0.25) is 0 Å². The molecule has 1 amide bonds. The number of rotatable bonds is 6. The van der Waals surface area contributed by atoms with Gasteiger partial charge in [0.1, 0.15) is 5.92 Å². The molecule has 26 heavy (non-hydrogen) atoms. The van der Waals surface area contributed by atoms with E-state index in [9.17, 15) is 9.59 Å². The van der Waals surface area contributed by atoms with Gasteiger partial charge in [-0.25, -0.2) is 0 Å². The van der Waals surface area contributed by atoms with Crippen LogP contribution in [0.4, 0.5) is 0 Å². The molecule has 0 saturated heterocycles. The molecule has 0 bridgehead atoms. The van der Waals surface area contributed by atoms with E-state index in [2.05, 4.69) is 0 Å². The lowest BCUT2D eigenvalue weighted by atomic mass is 9.91. The van der Waals surface area contributed by atoms with Crippen LogP contribution in [-0.2, 0) is 14.3 Å². The molecule has 2 N–H and O–H groups in total. The predicted octanol–water partition coefficient (Wildman–Crippen LogP) is 3.59. The Labute approximate surface area is 152 Å². The second-order valence-electron chi connectivity index (χ2n) is 5.88. The standard InChI is InChI=1S/C22H19NO3/c23-21(24)20(18-14-8-3-9-15-18)26-22(25)19(16-10-4-1-5-11-16)17-12-6-2-7-13-17/h1-15,19-20H,(H2,23,24)/t20-/m1/s1. The minimum absolute atomic E-state index is 0.518. The Morgan fingerprint density at radius 1 is 0.654 bits per heavy atom. The summed E-state index contributed by atoms with van der Waals surface area (Å²) >= 11 is 0. The van der Waals surface area contributed by atoms with Crippen LogP contribution in [0.1, 0.15) is 28.7 Å². The van der Waals surface area contributed by atoms with Gasteiger partial charge in [-0.3, -0.25) is 9.59 Å². The average Bonchev–Trinajstić information content (AvgIpc) is 2.68. The molecule has 0 unspecified atom stereocenters. The zero-order chi connectivity index (χ0) is 18.4. The van der Waals surface area contributed by atoms with Crippen molar-refractivity contribution in [1.82, 2.24) is 0 Å². The SMILES string of the molecule is NC(=O)[C@H](OC(=O)C(c1ccccc1)c1ccccc1)c1ccccc1. The molecule has 4 nitrogen and oxygen atoms in total. The Bertz CT molecular complexity index is 824. The lowest BCUT2D eigenvalue weighted by molar-refractivity contribution is -0.156. The Morgan fingerprint density at radius 2 is 1.04 bits per heavy atom. The molecule has 3 aromatic rings. The summed E-state index contributed by atoms with van der Waals surface area (Å²) in [4.78, 5) is 24.9. The fraction of sp³-hybridized carbons (Fsp3) is 0.0909. The van der Waals surface area contributed by atoms with Crippen molar-refractivity contribution < 1.29 is 14.3 Å².